The van der Waals surface area contributed by atoms with E-state index < -0.39 is 0 Å². The predicted octanol–water partition coefficient (Wildman–Crippen LogP) is 5.11. The van der Waals surface area contributed by atoms with Gasteiger partial charge in [-0.15, -0.1) is 11.8 Å². The summed E-state index contributed by atoms with van der Waals surface area (Å²) < 4.78 is 13.0. The second-order valence-electron chi connectivity index (χ2n) is 6.35. The molecule has 21 heavy (non-hydrogen) atoms. The van der Waals surface area contributed by atoms with E-state index >= 15 is 0 Å². The molecule has 0 aromatic heterocycles. The fourth-order valence-corrected chi connectivity index (χ4v) is 4.19. The molecule has 0 spiro atoms. The van der Waals surface area contributed by atoms with E-state index in [1.165, 1.54) is 37.0 Å². The second-order valence-corrected chi connectivity index (χ2v) is 7.44. The van der Waals surface area contributed by atoms with Gasteiger partial charge in [-0.05, 0) is 61.9 Å². The molecule has 1 aromatic rings. The van der Waals surface area contributed by atoms with Crippen LogP contribution in [0.1, 0.15) is 46.0 Å². The van der Waals surface area contributed by atoms with Crippen LogP contribution in [0.25, 0.3) is 0 Å². The van der Waals surface area contributed by atoms with E-state index in [1.54, 1.807) is 12.1 Å². The van der Waals surface area contributed by atoms with Gasteiger partial charge in [0.15, 0.2) is 0 Å². The van der Waals surface area contributed by atoms with E-state index in [4.69, 9.17) is 0 Å². The normalized spacial score (nSPS) is 24.0. The highest BCUT2D eigenvalue weighted by molar-refractivity contribution is 7.99. The number of nitrogens with one attached hydrogen (secondary N) is 1. The largest absolute Gasteiger partial charge is 0.313 e. The van der Waals surface area contributed by atoms with Gasteiger partial charge in [0.25, 0.3) is 0 Å². The van der Waals surface area contributed by atoms with Crippen molar-refractivity contribution in [2.75, 3.05) is 12.3 Å². The Labute approximate surface area is 133 Å². The average molecular weight is 309 g/mol. The first-order valence-electron chi connectivity index (χ1n) is 8.30. The molecular weight excluding hydrogens is 281 g/mol. The Hall–Kier alpha value is -0.540. The van der Waals surface area contributed by atoms with E-state index in [0.717, 1.165) is 24.1 Å². The maximum Gasteiger partial charge on any atom is 0.123 e. The van der Waals surface area contributed by atoms with Crippen molar-refractivity contribution in [1.82, 2.24) is 5.32 Å². The Morgan fingerprint density at radius 3 is 2.48 bits per heavy atom. The summed E-state index contributed by atoms with van der Waals surface area (Å²) >= 11 is 1.85. The van der Waals surface area contributed by atoms with Gasteiger partial charge >= 0.3 is 0 Å². The lowest BCUT2D eigenvalue weighted by Crippen LogP contribution is -2.40. The minimum absolute atomic E-state index is 0.152. The van der Waals surface area contributed by atoms with Crippen LogP contribution in [0.15, 0.2) is 29.2 Å². The monoisotopic (exact) mass is 309 g/mol. The van der Waals surface area contributed by atoms with Crippen molar-refractivity contribution >= 4 is 11.8 Å². The van der Waals surface area contributed by atoms with Gasteiger partial charge in [0, 0.05) is 16.7 Å². The Morgan fingerprint density at radius 1 is 1.19 bits per heavy atom. The summed E-state index contributed by atoms with van der Waals surface area (Å²) in [6, 6.07) is 7.48. The number of hydrogen-bond donors (Lipinski definition) is 1. The van der Waals surface area contributed by atoms with Crippen LogP contribution >= 0.6 is 11.8 Å². The van der Waals surface area contributed by atoms with Gasteiger partial charge in [-0.2, -0.15) is 0 Å². The summed E-state index contributed by atoms with van der Waals surface area (Å²) in [4.78, 5) is 1.17. The third kappa shape index (κ3) is 5.63. The third-order valence-corrected chi connectivity index (χ3v) is 5.66. The van der Waals surface area contributed by atoms with Crippen LogP contribution in [0, 0.1) is 17.7 Å². The molecule has 1 unspecified atom stereocenters. The van der Waals surface area contributed by atoms with Gasteiger partial charge in [0.1, 0.15) is 5.82 Å². The summed E-state index contributed by atoms with van der Waals surface area (Å²) in [6.45, 7) is 5.69. The van der Waals surface area contributed by atoms with E-state index in [9.17, 15) is 4.39 Å². The van der Waals surface area contributed by atoms with Crippen molar-refractivity contribution in [3.63, 3.8) is 0 Å². The molecule has 1 saturated carbocycles. The highest BCUT2D eigenvalue weighted by Gasteiger charge is 2.25. The highest BCUT2D eigenvalue weighted by Crippen LogP contribution is 2.32. The first-order valence-corrected chi connectivity index (χ1v) is 9.29. The zero-order valence-electron chi connectivity index (χ0n) is 13.3. The number of benzene rings is 1. The summed E-state index contributed by atoms with van der Waals surface area (Å²) in [5.41, 5.74) is 0. The van der Waals surface area contributed by atoms with Crippen molar-refractivity contribution in [2.45, 2.75) is 56.9 Å². The molecule has 0 aliphatic heterocycles. The molecule has 1 N–H and O–H groups in total. The first-order chi connectivity index (χ1) is 10.2. The topological polar surface area (TPSA) is 12.0 Å². The van der Waals surface area contributed by atoms with Gasteiger partial charge in [-0.3, -0.25) is 0 Å². The Bertz CT molecular complexity index is 398. The molecule has 1 aliphatic rings. The number of rotatable bonds is 7. The molecule has 1 atom stereocenters. The second kappa shape index (κ2) is 8.79. The summed E-state index contributed by atoms with van der Waals surface area (Å²) in [5.74, 6) is 2.64. The Morgan fingerprint density at radius 2 is 1.86 bits per heavy atom. The Kier molecular flexibility index (Phi) is 7.05. The maximum absolute atomic E-state index is 13.0. The lowest BCUT2D eigenvalue weighted by Gasteiger charge is -2.33. The fraction of sp³-hybridized carbons (Fsp3) is 0.667. The molecule has 0 heterocycles. The van der Waals surface area contributed by atoms with Crippen molar-refractivity contribution in [3.05, 3.63) is 30.1 Å². The molecule has 1 aliphatic carbocycles. The molecule has 0 amide bonds. The van der Waals surface area contributed by atoms with Crippen LogP contribution in [0.4, 0.5) is 4.39 Å². The fourth-order valence-electron chi connectivity index (χ4n) is 3.10. The van der Waals surface area contributed by atoms with E-state index in [0.29, 0.717) is 6.04 Å². The van der Waals surface area contributed by atoms with Crippen LogP contribution in [-0.2, 0) is 0 Å². The minimum atomic E-state index is -0.152. The van der Waals surface area contributed by atoms with Crippen LogP contribution in [0.5, 0.6) is 0 Å². The third-order valence-electron chi connectivity index (χ3n) is 4.53. The molecule has 1 nitrogen and oxygen atoms in total. The zero-order chi connectivity index (χ0) is 15.1. The lowest BCUT2D eigenvalue weighted by molar-refractivity contribution is 0.242. The molecule has 0 saturated heterocycles. The molecule has 2 rings (SSSR count). The van der Waals surface area contributed by atoms with Crippen LogP contribution in [0.2, 0.25) is 0 Å². The molecule has 0 radical (unpaired) electrons. The predicted molar refractivity (Wildman–Crippen MR) is 90.3 cm³/mol. The van der Waals surface area contributed by atoms with Crippen molar-refractivity contribution < 1.29 is 4.39 Å². The van der Waals surface area contributed by atoms with Gasteiger partial charge < -0.3 is 5.32 Å². The molecule has 0 bridgehead atoms. The van der Waals surface area contributed by atoms with E-state index in [1.807, 2.05) is 23.9 Å². The smallest absolute Gasteiger partial charge is 0.123 e. The first kappa shape index (κ1) is 16.8. The minimum Gasteiger partial charge on any atom is -0.313 e. The molecular formula is C18H28FNS. The quantitative estimate of drug-likeness (QED) is 0.702. The van der Waals surface area contributed by atoms with Gasteiger partial charge in [0.2, 0.25) is 0 Å². The van der Waals surface area contributed by atoms with Crippen molar-refractivity contribution in [1.29, 1.82) is 0 Å². The highest BCUT2D eigenvalue weighted by atomic mass is 32.2. The summed E-state index contributed by atoms with van der Waals surface area (Å²) in [7, 11) is 0. The van der Waals surface area contributed by atoms with E-state index in [-0.39, 0.29) is 5.82 Å². The average Bonchev–Trinajstić information content (AvgIpc) is 2.50. The lowest BCUT2D eigenvalue weighted by atomic mass is 9.79. The molecule has 1 aromatic carbocycles. The Balaban J connectivity index is 1.87. The molecule has 1 fully saturated rings. The van der Waals surface area contributed by atoms with Crippen LogP contribution in [-0.4, -0.2) is 18.3 Å². The summed E-state index contributed by atoms with van der Waals surface area (Å²) in [6.07, 6.45) is 6.63. The van der Waals surface area contributed by atoms with Crippen LogP contribution in [0.3, 0.4) is 0 Å². The summed E-state index contributed by atoms with van der Waals surface area (Å²) in [5, 5.41) is 3.74. The number of halogens is 1. The number of hydrogen-bond acceptors (Lipinski definition) is 2. The van der Waals surface area contributed by atoms with Gasteiger partial charge in [0.05, 0.1) is 0 Å². The van der Waals surface area contributed by atoms with Crippen molar-refractivity contribution in [2.24, 2.45) is 11.8 Å². The van der Waals surface area contributed by atoms with Crippen LogP contribution < -0.4 is 5.32 Å². The van der Waals surface area contributed by atoms with Gasteiger partial charge in [-0.25, -0.2) is 4.39 Å². The van der Waals surface area contributed by atoms with E-state index in [2.05, 4.69) is 19.2 Å². The maximum atomic E-state index is 13.0. The zero-order valence-corrected chi connectivity index (χ0v) is 14.1. The van der Waals surface area contributed by atoms with Gasteiger partial charge in [-0.1, -0.05) is 26.7 Å². The molecule has 3 heteroatoms. The SMILES string of the molecule is CCCNC(CSc1ccc(F)cc1)C1CCC(C)CC1. The standard InChI is InChI=1S/C18H28FNS/c1-3-12-20-18(15-6-4-14(2)5-7-15)13-21-17-10-8-16(19)9-11-17/h8-11,14-15,18,20H,3-7,12-13H2,1-2H3. The van der Waals surface area contributed by atoms with Crippen molar-refractivity contribution in [3.8, 4) is 0 Å². The number of thioether (sulfide) groups is 1. The molecule has 118 valence electrons.